The zero-order valence-electron chi connectivity index (χ0n) is 19.2. The van der Waals surface area contributed by atoms with Gasteiger partial charge in [0.1, 0.15) is 0 Å². The Labute approximate surface area is 200 Å². The number of benzene rings is 1. The van der Waals surface area contributed by atoms with Gasteiger partial charge in [0.25, 0.3) is 5.91 Å². The summed E-state index contributed by atoms with van der Waals surface area (Å²) in [5, 5.41) is 12.2. The van der Waals surface area contributed by atoms with Crippen molar-refractivity contribution >= 4 is 23.2 Å². The number of carboxylic acid groups (broad SMARTS) is 1. The molecule has 2 aliphatic rings. The molecule has 2 N–H and O–H groups in total. The molecule has 0 saturated carbocycles. The van der Waals surface area contributed by atoms with Crippen LogP contribution in [0.1, 0.15) is 45.6 Å². The van der Waals surface area contributed by atoms with Crippen molar-refractivity contribution < 1.29 is 32.6 Å². The van der Waals surface area contributed by atoms with Crippen LogP contribution in [-0.4, -0.2) is 59.4 Å². The number of aliphatic carboxylic acids is 1. The van der Waals surface area contributed by atoms with Crippen molar-refractivity contribution in [2.24, 2.45) is 0 Å². The Bertz CT molecular complexity index is 966. The summed E-state index contributed by atoms with van der Waals surface area (Å²) in [5.74, 6) is -2.73. The van der Waals surface area contributed by atoms with Crippen LogP contribution in [0.4, 0.5) is 13.2 Å². The highest BCUT2D eigenvalue weighted by atomic mass is 32.1. The molecule has 2 saturated heterocycles. The van der Waals surface area contributed by atoms with E-state index in [4.69, 9.17) is 14.6 Å². The highest BCUT2D eigenvalue weighted by molar-refractivity contribution is 7.12. The molecule has 0 radical (unpaired) electrons. The van der Waals surface area contributed by atoms with E-state index in [1.165, 1.54) is 28.0 Å². The molecule has 186 valence electrons. The fourth-order valence-electron chi connectivity index (χ4n) is 4.49. The molecule has 3 heterocycles. The molecule has 2 aromatic rings. The van der Waals surface area contributed by atoms with Crippen LogP contribution in [0.3, 0.4) is 0 Å². The summed E-state index contributed by atoms with van der Waals surface area (Å²) in [6, 6.07) is 10.7. The Balaban J connectivity index is 0.000000406. The molecule has 1 amide bonds. The number of aryl methyl sites for hydroxylation is 2. The third-order valence-electron chi connectivity index (χ3n) is 5.99. The molecule has 1 aromatic heterocycles. The second-order valence-corrected chi connectivity index (χ2v) is 9.87. The minimum atomic E-state index is -5.08. The van der Waals surface area contributed by atoms with Gasteiger partial charge in [0.2, 0.25) is 0 Å². The zero-order valence-corrected chi connectivity index (χ0v) is 20.0. The lowest BCUT2D eigenvalue weighted by molar-refractivity contribution is -0.192. The number of rotatable bonds is 4. The molecule has 6 nitrogen and oxygen atoms in total. The summed E-state index contributed by atoms with van der Waals surface area (Å²) < 4.78 is 37.9. The van der Waals surface area contributed by atoms with E-state index in [0.717, 1.165) is 43.8 Å². The lowest BCUT2D eigenvalue weighted by Gasteiger charge is -2.38. The maximum absolute atomic E-state index is 12.3. The van der Waals surface area contributed by atoms with Crippen molar-refractivity contribution in [3.63, 3.8) is 0 Å². The predicted octanol–water partition coefficient (Wildman–Crippen LogP) is 4.55. The van der Waals surface area contributed by atoms with Gasteiger partial charge in [-0.3, -0.25) is 9.69 Å². The van der Waals surface area contributed by atoms with E-state index in [9.17, 15) is 18.0 Å². The molecule has 0 aliphatic carbocycles. The Kier molecular flexibility index (Phi) is 8.38. The number of amides is 1. The van der Waals surface area contributed by atoms with E-state index < -0.39 is 12.1 Å². The van der Waals surface area contributed by atoms with Crippen LogP contribution in [0, 0.1) is 13.8 Å². The Morgan fingerprint density at radius 3 is 2.35 bits per heavy atom. The minimum Gasteiger partial charge on any atom is -0.475 e. The number of nitrogens with zero attached hydrogens (tertiary/aromatic N) is 1. The number of carbonyl (C=O) groups is 2. The first kappa shape index (κ1) is 26.2. The highest BCUT2D eigenvalue weighted by Crippen LogP contribution is 2.36. The van der Waals surface area contributed by atoms with E-state index in [0.29, 0.717) is 6.61 Å². The molecule has 1 aromatic carbocycles. The van der Waals surface area contributed by atoms with Gasteiger partial charge in [-0.05, 0) is 50.1 Å². The molecule has 1 atom stereocenters. The average molecular weight is 499 g/mol. The van der Waals surface area contributed by atoms with Crippen molar-refractivity contribution in [2.45, 2.75) is 57.5 Å². The van der Waals surface area contributed by atoms with Gasteiger partial charge in [0.05, 0.1) is 23.1 Å². The second kappa shape index (κ2) is 10.9. The number of thiophene rings is 1. The summed E-state index contributed by atoms with van der Waals surface area (Å²) in [4.78, 5) is 24.5. The smallest absolute Gasteiger partial charge is 0.475 e. The first-order valence-electron chi connectivity index (χ1n) is 11.0. The van der Waals surface area contributed by atoms with Crippen LogP contribution in [-0.2, 0) is 16.1 Å². The third-order valence-corrected chi connectivity index (χ3v) is 6.86. The van der Waals surface area contributed by atoms with Crippen molar-refractivity contribution in [3.8, 4) is 0 Å². The van der Waals surface area contributed by atoms with Crippen molar-refractivity contribution in [2.75, 3.05) is 19.7 Å². The van der Waals surface area contributed by atoms with Crippen molar-refractivity contribution in [1.29, 1.82) is 0 Å². The number of halogens is 3. The quantitative estimate of drug-likeness (QED) is 0.647. The summed E-state index contributed by atoms with van der Waals surface area (Å²) in [6.45, 7) is 8.08. The zero-order chi connectivity index (χ0) is 24.9. The normalized spacial score (nSPS) is 20.0. The molecular weight excluding hydrogens is 469 g/mol. The van der Waals surface area contributed by atoms with Crippen LogP contribution < -0.4 is 5.32 Å². The van der Waals surface area contributed by atoms with Crippen molar-refractivity contribution in [1.82, 2.24) is 10.2 Å². The van der Waals surface area contributed by atoms with Gasteiger partial charge < -0.3 is 15.2 Å². The first-order chi connectivity index (χ1) is 16.0. The Hall–Kier alpha value is -2.43. The highest BCUT2D eigenvalue weighted by Gasteiger charge is 2.43. The summed E-state index contributed by atoms with van der Waals surface area (Å²) in [6.07, 6.45) is -2.06. The topological polar surface area (TPSA) is 78.9 Å². The molecule has 2 fully saturated rings. The van der Waals surface area contributed by atoms with Gasteiger partial charge in [-0.1, -0.05) is 35.4 Å². The maximum atomic E-state index is 12.3. The summed E-state index contributed by atoms with van der Waals surface area (Å²) in [7, 11) is 0. The molecule has 34 heavy (non-hydrogen) atoms. The van der Waals surface area contributed by atoms with E-state index in [2.05, 4.69) is 42.3 Å². The molecular formula is C24H29F3N2O4S. The van der Waals surface area contributed by atoms with Gasteiger partial charge in [-0.15, -0.1) is 11.3 Å². The Morgan fingerprint density at radius 2 is 1.82 bits per heavy atom. The number of carbonyl (C=O) groups excluding carboxylic acids is 1. The van der Waals surface area contributed by atoms with Crippen LogP contribution in [0.15, 0.2) is 35.7 Å². The Morgan fingerprint density at radius 1 is 1.21 bits per heavy atom. The number of hydrogen-bond acceptors (Lipinski definition) is 5. The molecule has 1 spiro atoms. The number of ether oxygens (including phenoxy) is 1. The van der Waals surface area contributed by atoms with Gasteiger partial charge in [-0.2, -0.15) is 13.2 Å². The van der Waals surface area contributed by atoms with E-state index >= 15 is 0 Å². The van der Waals surface area contributed by atoms with Gasteiger partial charge in [-0.25, -0.2) is 4.79 Å². The third kappa shape index (κ3) is 7.28. The maximum Gasteiger partial charge on any atom is 0.490 e. The van der Waals surface area contributed by atoms with Crippen LogP contribution in [0.25, 0.3) is 0 Å². The van der Waals surface area contributed by atoms with Crippen LogP contribution in [0.2, 0.25) is 0 Å². The summed E-state index contributed by atoms with van der Waals surface area (Å²) >= 11 is 1.49. The van der Waals surface area contributed by atoms with Crippen molar-refractivity contribution in [3.05, 3.63) is 57.3 Å². The minimum absolute atomic E-state index is 0.0305. The number of alkyl halides is 3. The monoisotopic (exact) mass is 498 g/mol. The standard InChI is InChI=1S/C22H28N2O2S.C2HF3O2/c1-16-10-17(2)12-18(11-16)14-24-7-5-22(6-8-24)13-19(15-26-22)23-21(25)20-4-3-9-27-20;3-2(4,5)1(6)7/h3-4,9-12,19H,5-8,13-15H2,1-2H3,(H,23,25);(H,6,7). The average Bonchev–Trinajstić information content (AvgIpc) is 3.40. The van der Waals surface area contributed by atoms with Gasteiger partial charge in [0.15, 0.2) is 0 Å². The van der Waals surface area contributed by atoms with Crippen LogP contribution >= 0.6 is 11.3 Å². The largest absolute Gasteiger partial charge is 0.490 e. The van der Waals surface area contributed by atoms with E-state index in [1.807, 2.05) is 17.5 Å². The molecule has 0 bridgehead atoms. The number of carboxylic acids is 1. The number of nitrogens with one attached hydrogen (secondary N) is 1. The number of hydrogen-bond donors (Lipinski definition) is 2. The molecule has 2 aliphatic heterocycles. The fraction of sp³-hybridized carbons (Fsp3) is 0.500. The van der Waals surface area contributed by atoms with Gasteiger partial charge in [0, 0.05) is 19.6 Å². The van der Waals surface area contributed by atoms with Gasteiger partial charge >= 0.3 is 12.1 Å². The van der Waals surface area contributed by atoms with E-state index in [1.54, 1.807) is 0 Å². The first-order valence-corrected chi connectivity index (χ1v) is 11.9. The van der Waals surface area contributed by atoms with E-state index in [-0.39, 0.29) is 17.6 Å². The second-order valence-electron chi connectivity index (χ2n) is 8.92. The number of piperidine rings is 1. The lowest BCUT2D eigenvalue weighted by atomic mass is 9.87. The predicted molar refractivity (Wildman–Crippen MR) is 123 cm³/mol. The SMILES string of the molecule is Cc1cc(C)cc(CN2CCC3(CC2)CC(NC(=O)c2cccs2)CO3)c1.O=C(O)C(F)(F)F. The molecule has 4 rings (SSSR count). The lowest BCUT2D eigenvalue weighted by Crippen LogP contribution is -2.44. The molecule has 10 heteroatoms. The fourth-order valence-corrected chi connectivity index (χ4v) is 5.11. The summed E-state index contributed by atoms with van der Waals surface area (Å²) in [5.41, 5.74) is 4.02. The van der Waals surface area contributed by atoms with Crippen LogP contribution in [0.5, 0.6) is 0 Å². The number of likely N-dealkylation sites (tertiary alicyclic amines) is 1. The molecule has 1 unspecified atom stereocenters.